The molecule has 1 aliphatic rings. The lowest BCUT2D eigenvalue weighted by molar-refractivity contribution is 0.158. The van der Waals surface area contributed by atoms with E-state index >= 15 is 0 Å². The average molecular weight is 127 g/mol. The molecule has 1 heteroatoms. The Morgan fingerprint density at radius 1 is 1.22 bits per heavy atom. The Morgan fingerprint density at radius 2 is 1.89 bits per heavy atom. The predicted molar refractivity (Wildman–Crippen MR) is 40.5 cm³/mol. The highest BCUT2D eigenvalue weighted by molar-refractivity contribution is 4.73. The number of hydrogen-bond donors (Lipinski definition) is 0. The number of nitrogens with zero attached hydrogens (tertiary/aromatic N) is 1. The molecule has 1 heterocycles. The molecule has 0 unspecified atom stereocenters. The van der Waals surface area contributed by atoms with E-state index < -0.39 is 0 Å². The van der Waals surface area contributed by atoms with Gasteiger partial charge in [0.05, 0.1) is 0 Å². The van der Waals surface area contributed by atoms with Gasteiger partial charge < -0.3 is 4.90 Å². The van der Waals surface area contributed by atoms with Crippen molar-refractivity contribution in [1.82, 2.24) is 4.90 Å². The lowest BCUT2D eigenvalue weighted by Crippen LogP contribution is -2.37. The molecule has 1 aliphatic heterocycles. The molecule has 0 radical (unpaired) electrons. The van der Waals surface area contributed by atoms with Crippen LogP contribution in [-0.4, -0.2) is 24.5 Å². The second-order valence-corrected chi connectivity index (χ2v) is 3.47. The first kappa shape index (κ1) is 7.07. The van der Waals surface area contributed by atoms with Crippen LogP contribution < -0.4 is 0 Å². The Labute approximate surface area is 58.0 Å². The van der Waals surface area contributed by atoms with Gasteiger partial charge in [-0.25, -0.2) is 0 Å². The van der Waals surface area contributed by atoms with Crippen LogP contribution >= 0.6 is 0 Å². The summed E-state index contributed by atoms with van der Waals surface area (Å²) in [6, 6.07) is 0.821. The van der Waals surface area contributed by atoms with Crippen molar-refractivity contribution in [2.24, 2.45) is 5.92 Å². The van der Waals surface area contributed by atoms with Crippen LogP contribution in [0.2, 0.25) is 0 Å². The van der Waals surface area contributed by atoms with Crippen LogP contribution in [0.5, 0.6) is 0 Å². The summed E-state index contributed by atoms with van der Waals surface area (Å²) in [5.74, 6) is 0.922. The lowest BCUT2D eigenvalue weighted by atomic mass is 9.96. The van der Waals surface area contributed by atoms with Crippen LogP contribution in [0.4, 0.5) is 0 Å². The van der Waals surface area contributed by atoms with Crippen molar-refractivity contribution in [3.8, 4) is 0 Å². The number of rotatable bonds is 0. The highest BCUT2D eigenvalue weighted by Crippen LogP contribution is 2.18. The highest BCUT2D eigenvalue weighted by atomic mass is 15.1. The molecule has 1 saturated heterocycles. The van der Waals surface area contributed by atoms with Crippen molar-refractivity contribution in [2.75, 3.05) is 13.6 Å². The molecular formula is C8H17N. The van der Waals surface area contributed by atoms with Crippen molar-refractivity contribution in [2.45, 2.75) is 32.7 Å². The monoisotopic (exact) mass is 127 g/mol. The van der Waals surface area contributed by atoms with E-state index in [1.807, 2.05) is 0 Å². The third-order valence-corrected chi connectivity index (χ3v) is 2.43. The fourth-order valence-electron chi connectivity index (χ4n) is 1.51. The second kappa shape index (κ2) is 2.70. The first-order valence-corrected chi connectivity index (χ1v) is 3.90. The maximum Gasteiger partial charge on any atom is 0.00641 e. The molecular weight excluding hydrogens is 110 g/mol. The molecule has 0 spiro atoms. The van der Waals surface area contributed by atoms with Gasteiger partial charge in [-0.2, -0.15) is 0 Å². The minimum absolute atomic E-state index is 0.821. The van der Waals surface area contributed by atoms with Gasteiger partial charge in [-0.05, 0) is 32.7 Å². The van der Waals surface area contributed by atoms with E-state index in [0.29, 0.717) is 0 Å². The molecule has 2 atom stereocenters. The smallest absolute Gasteiger partial charge is 0.00641 e. The van der Waals surface area contributed by atoms with Gasteiger partial charge in [-0.1, -0.05) is 6.92 Å². The second-order valence-electron chi connectivity index (χ2n) is 3.47. The molecule has 54 valence electrons. The molecule has 1 rings (SSSR count). The van der Waals surface area contributed by atoms with Crippen molar-refractivity contribution in [1.29, 1.82) is 0 Å². The maximum absolute atomic E-state index is 2.45. The highest BCUT2D eigenvalue weighted by Gasteiger charge is 2.18. The zero-order chi connectivity index (χ0) is 6.85. The summed E-state index contributed by atoms with van der Waals surface area (Å²) >= 11 is 0. The Hall–Kier alpha value is -0.0400. The summed E-state index contributed by atoms with van der Waals surface area (Å²) in [5, 5.41) is 0. The van der Waals surface area contributed by atoms with Gasteiger partial charge in [0.15, 0.2) is 0 Å². The molecule has 0 aromatic heterocycles. The summed E-state index contributed by atoms with van der Waals surface area (Å²) in [4.78, 5) is 2.45. The Kier molecular flexibility index (Phi) is 2.12. The van der Waals surface area contributed by atoms with Crippen LogP contribution in [0, 0.1) is 5.92 Å². The summed E-state index contributed by atoms with van der Waals surface area (Å²) in [6.07, 6.45) is 2.81. The molecule has 0 amide bonds. The van der Waals surface area contributed by atoms with E-state index in [0.717, 1.165) is 12.0 Å². The van der Waals surface area contributed by atoms with Crippen LogP contribution in [0.25, 0.3) is 0 Å². The fraction of sp³-hybridized carbons (Fsp3) is 1.00. The van der Waals surface area contributed by atoms with Crippen molar-refractivity contribution in [3.63, 3.8) is 0 Å². The molecule has 0 bridgehead atoms. The van der Waals surface area contributed by atoms with Crippen molar-refractivity contribution in [3.05, 3.63) is 0 Å². The molecule has 1 fully saturated rings. The van der Waals surface area contributed by atoms with Gasteiger partial charge in [0.2, 0.25) is 0 Å². The average Bonchev–Trinajstić information content (AvgIpc) is 1.80. The van der Waals surface area contributed by atoms with Gasteiger partial charge in [-0.3, -0.25) is 0 Å². The zero-order valence-electron chi connectivity index (χ0n) is 6.72. The van der Waals surface area contributed by atoms with E-state index in [-0.39, 0.29) is 0 Å². The largest absolute Gasteiger partial charge is 0.303 e. The minimum atomic E-state index is 0.821. The normalized spacial score (nSPS) is 39.0. The zero-order valence-corrected chi connectivity index (χ0v) is 6.72. The minimum Gasteiger partial charge on any atom is -0.303 e. The van der Waals surface area contributed by atoms with E-state index in [1.54, 1.807) is 0 Å². The van der Waals surface area contributed by atoms with E-state index in [2.05, 4.69) is 25.8 Å². The maximum atomic E-state index is 2.45. The van der Waals surface area contributed by atoms with Gasteiger partial charge >= 0.3 is 0 Å². The first-order valence-electron chi connectivity index (χ1n) is 3.90. The molecule has 0 aliphatic carbocycles. The van der Waals surface area contributed by atoms with Gasteiger partial charge in [0.25, 0.3) is 0 Å². The Bertz CT molecular complexity index is 90.6. The van der Waals surface area contributed by atoms with Gasteiger partial charge in [0, 0.05) is 12.6 Å². The molecule has 9 heavy (non-hydrogen) atoms. The Morgan fingerprint density at radius 3 is 2.33 bits per heavy atom. The number of piperidine rings is 1. The lowest BCUT2D eigenvalue weighted by Gasteiger charge is -2.33. The summed E-state index contributed by atoms with van der Waals surface area (Å²) < 4.78 is 0. The molecule has 0 aromatic rings. The summed E-state index contributed by atoms with van der Waals surface area (Å²) in [6.45, 7) is 5.94. The van der Waals surface area contributed by atoms with Gasteiger partial charge in [0.1, 0.15) is 0 Å². The Balaban J connectivity index is 2.35. The molecule has 0 saturated carbocycles. The van der Waals surface area contributed by atoms with E-state index in [9.17, 15) is 0 Å². The molecule has 0 N–H and O–H groups in total. The number of likely N-dealkylation sites (tertiary alicyclic amines) is 1. The van der Waals surface area contributed by atoms with Crippen molar-refractivity contribution < 1.29 is 0 Å². The van der Waals surface area contributed by atoms with Gasteiger partial charge in [-0.15, -0.1) is 0 Å². The molecule has 0 aromatic carbocycles. The SMILES string of the molecule is C[C@H]1CC[C@H](C)N(C)C1. The van der Waals surface area contributed by atoms with Crippen molar-refractivity contribution >= 4 is 0 Å². The van der Waals surface area contributed by atoms with E-state index in [4.69, 9.17) is 0 Å². The first-order chi connectivity index (χ1) is 4.20. The third kappa shape index (κ3) is 1.68. The van der Waals surface area contributed by atoms with Crippen LogP contribution in [-0.2, 0) is 0 Å². The standard InChI is InChI=1S/C8H17N/c1-7-4-5-8(2)9(3)6-7/h7-8H,4-6H2,1-3H3/t7-,8-/m0/s1. The third-order valence-electron chi connectivity index (χ3n) is 2.43. The fourth-order valence-corrected chi connectivity index (χ4v) is 1.51. The summed E-state index contributed by atoms with van der Waals surface area (Å²) in [5.41, 5.74) is 0. The molecule has 1 nitrogen and oxygen atoms in total. The summed E-state index contributed by atoms with van der Waals surface area (Å²) in [7, 11) is 2.22. The number of hydrogen-bond acceptors (Lipinski definition) is 1. The van der Waals surface area contributed by atoms with Crippen LogP contribution in [0.1, 0.15) is 26.7 Å². The predicted octanol–water partition coefficient (Wildman–Crippen LogP) is 1.74. The van der Waals surface area contributed by atoms with E-state index in [1.165, 1.54) is 19.4 Å². The van der Waals surface area contributed by atoms with Crippen LogP contribution in [0.15, 0.2) is 0 Å². The quantitative estimate of drug-likeness (QED) is 0.479. The van der Waals surface area contributed by atoms with Crippen LogP contribution in [0.3, 0.4) is 0 Å². The topological polar surface area (TPSA) is 3.24 Å².